The predicted molar refractivity (Wildman–Crippen MR) is 68.7 cm³/mol. The molecule has 3 heteroatoms. The molecule has 0 amide bonds. The van der Waals surface area contributed by atoms with Gasteiger partial charge in [-0.05, 0) is 37.0 Å². The van der Waals surface area contributed by atoms with Gasteiger partial charge in [0.25, 0.3) is 0 Å². The third kappa shape index (κ3) is 2.22. The molecule has 0 saturated carbocycles. The van der Waals surface area contributed by atoms with Crippen molar-refractivity contribution in [1.82, 2.24) is 4.98 Å². The number of ether oxygens (including phenoxy) is 1. The van der Waals surface area contributed by atoms with Gasteiger partial charge in [0.2, 0.25) is 5.88 Å². The van der Waals surface area contributed by atoms with Crippen LogP contribution in [-0.4, -0.2) is 10.1 Å². The fraction of sp³-hybridized carbons (Fsp3) is 0.267. The van der Waals surface area contributed by atoms with Crippen molar-refractivity contribution in [3.8, 4) is 11.6 Å². The fourth-order valence-corrected chi connectivity index (χ4v) is 2.27. The minimum Gasteiger partial charge on any atom is -0.439 e. The van der Waals surface area contributed by atoms with Crippen LogP contribution in [0.4, 0.5) is 0 Å². The van der Waals surface area contributed by atoms with Crippen molar-refractivity contribution < 1.29 is 9.84 Å². The number of aromatic nitrogens is 1. The van der Waals surface area contributed by atoms with E-state index in [9.17, 15) is 5.11 Å². The number of benzene rings is 1. The molecule has 1 aromatic heterocycles. The molecule has 18 heavy (non-hydrogen) atoms. The summed E-state index contributed by atoms with van der Waals surface area (Å²) in [6.07, 6.45) is 2.35. The van der Waals surface area contributed by atoms with Gasteiger partial charge in [0.05, 0.1) is 11.8 Å². The van der Waals surface area contributed by atoms with Crippen molar-refractivity contribution >= 4 is 0 Å². The van der Waals surface area contributed by atoms with Gasteiger partial charge < -0.3 is 9.84 Å². The zero-order valence-electron chi connectivity index (χ0n) is 10.0. The van der Waals surface area contributed by atoms with Crippen molar-refractivity contribution in [2.24, 2.45) is 0 Å². The quantitative estimate of drug-likeness (QED) is 0.877. The summed E-state index contributed by atoms with van der Waals surface area (Å²) in [6, 6.07) is 13.4. The molecular weight excluding hydrogens is 226 g/mol. The Kier molecular flexibility index (Phi) is 2.99. The number of aryl methyl sites for hydroxylation is 1. The number of fused-ring (bicyclic) bond motifs is 1. The van der Waals surface area contributed by atoms with E-state index in [2.05, 4.69) is 4.98 Å². The van der Waals surface area contributed by atoms with Gasteiger partial charge in [0.1, 0.15) is 5.75 Å². The van der Waals surface area contributed by atoms with Gasteiger partial charge in [-0.1, -0.05) is 24.3 Å². The van der Waals surface area contributed by atoms with E-state index in [0.717, 1.165) is 36.3 Å². The second-order valence-electron chi connectivity index (χ2n) is 4.52. The maximum Gasteiger partial charge on any atom is 0.219 e. The minimum atomic E-state index is -0.451. The first-order valence-electron chi connectivity index (χ1n) is 6.24. The van der Waals surface area contributed by atoms with Gasteiger partial charge in [-0.15, -0.1) is 0 Å². The normalized spacial score (nSPS) is 18.2. The van der Waals surface area contributed by atoms with Gasteiger partial charge in [-0.3, -0.25) is 0 Å². The Morgan fingerprint density at radius 1 is 1.11 bits per heavy atom. The molecule has 1 aromatic carbocycles. The molecule has 2 aromatic rings. The van der Waals surface area contributed by atoms with Gasteiger partial charge in [0.15, 0.2) is 0 Å². The summed E-state index contributed by atoms with van der Waals surface area (Å²) in [4.78, 5) is 4.42. The summed E-state index contributed by atoms with van der Waals surface area (Å²) in [5, 5.41) is 9.93. The van der Waals surface area contributed by atoms with E-state index in [-0.39, 0.29) is 0 Å². The van der Waals surface area contributed by atoms with Gasteiger partial charge in [0, 0.05) is 6.07 Å². The molecule has 0 aliphatic heterocycles. The maximum absolute atomic E-state index is 9.93. The molecule has 0 spiro atoms. The Bertz CT molecular complexity index is 539. The molecule has 92 valence electrons. The molecule has 1 heterocycles. The van der Waals surface area contributed by atoms with Gasteiger partial charge in [-0.25, -0.2) is 4.98 Å². The number of nitrogens with zero attached hydrogens (tertiary/aromatic N) is 1. The molecule has 3 nitrogen and oxygen atoms in total. The van der Waals surface area contributed by atoms with Crippen LogP contribution >= 0.6 is 0 Å². The van der Waals surface area contributed by atoms with Crippen LogP contribution in [0.2, 0.25) is 0 Å². The number of aliphatic hydroxyl groups excluding tert-OH is 1. The number of aliphatic hydroxyl groups is 1. The molecule has 3 rings (SSSR count). The zero-order valence-corrected chi connectivity index (χ0v) is 10.0. The van der Waals surface area contributed by atoms with Crippen LogP contribution < -0.4 is 4.74 Å². The summed E-state index contributed by atoms with van der Waals surface area (Å²) in [5.41, 5.74) is 1.91. The molecule has 1 N–H and O–H groups in total. The third-order valence-electron chi connectivity index (χ3n) is 3.19. The summed E-state index contributed by atoms with van der Waals surface area (Å²) >= 11 is 0. The van der Waals surface area contributed by atoms with Gasteiger partial charge in [-0.2, -0.15) is 0 Å². The summed E-state index contributed by atoms with van der Waals surface area (Å²) < 4.78 is 5.67. The Hall–Kier alpha value is -1.87. The van der Waals surface area contributed by atoms with Crippen molar-refractivity contribution in [3.05, 3.63) is 53.7 Å². The van der Waals surface area contributed by atoms with E-state index in [0.29, 0.717) is 5.88 Å². The van der Waals surface area contributed by atoms with Crippen molar-refractivity contribution in [2.45, 2.75) is 25.4 Å². The van der Waals surface area contributed by atoms with Crippen molar-refractivity contribution in [2.75, 3.05) is 0 Å². The van der Waals surface area contributed by atoms with E-state index in [1.165, 1.54) is 0 Å². The lowest BCUT2D eigenvalue weighted by Gasteiger charge is -2.20. The van der Waals surface area contributed by atoms with E-state index in [4.69, 9.17) is 4.74 Å². The maximum atomic E-state index is 9.93. The molecule has 1 aliphatic carbocycles. The van der Waals surface area contributed by atoms with Crippen LogP contribution in [0, 0.1) is 0 Å². The van der Waals surface area contributed by atoms with Gasteiger partial charge >= 0.3 is 0 Å². The third-order valence-corrected chi connectivity index (χ3v) is 3.19. The smallest absolute Gasteiger partial charge is 0.219 e. The molecule has 1 aliphatic rings. The van der Waals surface area contributed by atoms with E-state index in [1.807, 2.05) is 42.5 Å². The molecule has 0 bridgehead atoms. The van der Waals surface area contributed by atoms with Crippen LogP contribution in [0.1, 0.15) is 30.2 Å². The van der Waals surface area contributed by atoms with Crippen molar-refractivity contribution in [1.29, 1.82) is 0 Å². The van der Waals surface area contributed by atoms with Crippen LogP contribution in [0.25, 0.3) is 0 Å². The Morgan fingerprint density at radius 2 is 1.94 bits per heavy atom. The fourth-order valence-electron chi connectivity index (χ4n) is 2.27. The summed E-state index contributed by atoms with van der Waals surface area (Å²) in [5.74, 6) is 1.30. The summed E-state index contributed by atoms with van der Waals surface area (Å²) in [7, 11) is 0. The summed E-state index contributed by atoms with van der Waals surface area (Å²) in [6.45, 7) is 0. The lowest BCUT2D eigenvalue weighted by atomic mass is 9.94. The molecule has 0 saturated heterocycles. The van der Waals surface area contributed by atoms with E-state index < -0.39 is 6.10 Å². The lowest BCUT2D eigenvalue weighted by Crippen LogP contribution is -2.11. The first-order valence-corrected chi connectivity index (χ1v) is 6.24. The second-order valence-corrected chi connectivity index (χ2v) is 4.52. The van der Waals surface area contributed by atoms with Crippen LogP contribution in [-0.2, 0) is 6.42 Å². The predicted octanol–water partition coefficient (Wildman–Crippen LogP) is 3.24. The highest BCUT2D eigenvalue weighted by atomic mass is 16.5. The highest BCUT2D eigenvalue weighted by molar-refractivity contribution is 5.32. The topological polar surface area (TPSA) is 42.4 Å². The number of rotatable bonds is 2. The first-order chi connectivity index (χ1) is 8.83. The second kappa shape index (κ2) is 4.78. The zero-order chi connectivity index (χ0) is 12.4. The molecule has 1 unspecified atom stereocenters. The average molecular weight is 241 g/mol. The highest BCUT2D eigenvalue weighted by Crippen LogP contribution is 2.30. The number of hydrogen-bond acceptors (Lipinski definition) is 3. The van der Waals surface area contributed by atoms with E-state index in [1.54, 1.807) is 0 Å². The monoisotopic (exact) mass is 241 g/mol. The highest BCUT2D eigenvalue weighted by Gasteiger charge is 2.20. The number of para-hydroxylation sites is 1. The number of pyridine rings is 1. The minimum absolute atomic E-state index is 0.451. The van der Waals surface area contributed by atoms with Crippen LogP contribution in [0.5, 0.6) is 11.6 Å². The Balaban J connectivity index is 1.88. The molecule has 1 atom stereocenters. The number of hydrogen-bond donors (Lipinski definition) is 1. The molecule has 0 radical (unpaired) electrons. The van der Waals surface area contributed by atoms with Crippen LogP contribution in [0.15, 0.2) is 42.5 Å². The SMILES string of the molecule is OC1CCCc2ccc(Oc3ccccc3)nc21. The Morgan fingerprint density at radius 3 is 2.78 bits per heavy atom. The standard InChI is InChI=1S/C15H15NO2/c17-13-8-4-5-11-9-10-14(16-15(11)13)18-12-6-2-1-3-7-12/h1-3,6-7,9-10,13,17H,4-5,8H2. The van der Waals surface area contributed by atoms with Crippen molar-refractivity contribution in [3.63, 3.8) is 0 Å². The van der Waals surface area contributed by atoms with E-state index >= 15 is 0 Å². The molecule has 0 fully saturated rings. The first kappa shape index (κ1) is 11.2. The average Bonchev–Trinajstić information content (AvgIpc) is 2.41. The molecular formula is C15H15NO2. The Labute approximate surface area is 106 Å². The van der Waals surface area contributed by atoms with Crippen LogP contribution in [0.3, 0.4) is 0 Å². The lowest BCUT2D eigenvalue weighted by molar-refractivity contribution is 0.150. The largest absolute Gasteiger partial charge is 0.439 e.